The Kier molecular flexibility index (Phi) is 8.56. The van der Waals surface area contributed by atoms with Gasteiger partial charge in [-0.2, -0.15) is 0 Å². The van der Waals surface area contributed by atoms with Crippen LogP contribution in [0.15, 0.2) is 30.3 Å². The van der Waals surface area contributed by atoms with Gasteiger partial charge in [-0.25, -0.2) is 0 Å². The normalized spacial score (nSPS) is 13.1. The second kappa shape index (κ2) is 9.95. The first-order valence-electron chi connectivity index (χ1n) is 8.18. The van der Waals surface area contributed by atoms with Gasteiger partial charge >= 0.3 is 0 Å². The molecule has 0 bridgehead atoms. The summed E-state index contributed by atoms with van der Waals surface area (Å²) in [6, 6.07) is 11.4. The molecule has 114 valence electrons. The summed E-state index contributed by atoms with van der Waals surface area (Å²) >= 11 is 0. The van der Waals surface area contributed by atoms with Crippen LogP contribution in [0.25, 0.3) is 0 Å². The lowest BCUT2D eigenvalue weighted by Gasteiger charge is -2.32. The molecule has 0 heterocycles. The summed E-state index contributed by atoms with van der Waals surface area (Å²) in [5.41, 5.74) is 1.44. The summed E-state index contributed by atoms with van der Waals surface area (Å²) in [6.45, 7) is 13.6. The number of hydrogen-bond acceptors (Lipinski definition) is 2. The summed E-state index contributed by atoms with van der Waals surface area (Å²) in [6.07, 6.45) is 2.43. The van der Waals surface area contributed by atoms with E-state index in [4.69, 9.17) is 0 Å². The fourth-order valence-corrected chi connectivity index (χ4v) is 2.64. The first kappa shape index (κ1) is 17.2. The average molecular weight is 276 g/mol. The molecular weight excluding hydrogens is 244 g/mol. The number of nitrogens with one attached hydrogen (secondary N) is 1. The Morgan fingerprint density at radius 2 is 1.55 bits per heavy atom. The smallest absolute Gasteiger partial charge is 0.0472 e. The van der Waals surface area contributed by atoms with Gasteiger partial charge in [0.05, 0.1) is 0 Å². The monoisotopic (exact) mass is 276 g/mol. The summed E-state index contributed by atoms with van der Waals surface area (Å²) in [4.78, 5) is 2.63. The van der Waals surface area contributed by atoms with Crippen molar-refractivity contribution >= 4 is 0 Å². The van der Waals surface area contributed by atoms with E-state index in [9.17, 15) is 0 Å². The molecule has 0 saturated carbocycles. The highest BCUT2D eigenvalue weighted by Crippen LogP contribution is 2.20. The Bertz CT molecular complexity index is 329. The van der Waals surface area contributed by atoms with Gasteiger partial charge in [0.15, 0.2) is 0 Å². The third-order valence-electron chi connectivity index (χ3n) is 3.54. The van der Waals surface area contributed by atoms with E-state index in [2.05, 4.69) is 68.2 Å². The first-order chi connectivity index (χ1) is 9.69. The zero-order chi connectivity index (χ0) is 14.8. The van der Waals surface area contributed by atoms with Crippen LogP contribution in [-0.2, 0) is 0 Å². The SMILES string of the molecule is CCCN(CCC)C(CNCC(C)C)c1ccccc1. The lowest BCUT2D eigenvalue weighted by atomic mass is 10.0. The van der Waals surface area contributed by atoms with Gasteiger partial charge in [0, 0.05) is 12.6 Å². The highest BCUT2D eigenvalue weighted by atomic mass is 15.2. The van der Waals surface area contributed by atoms with Gasteiger partial charge in [0.25, 0.3) is 0 Å². The molecule has 2 nitrogen and oxygen atoms in total. The maximum atomic E-state index is 3.64. The predicted molar refractivity (Wildman–Crippen MR) is 89.0 cm³/mol. The van der Waals surface area contributed by atoms with Crippen molar-refractivity contribution in [2.45, 2.75) is 46.6 Å². The molecular formula is C18H32N2. The van der Waals surface area contributed by atoms with Crippen molar-refractivity contribution in [3.05, 3.63) is 35.9 Å². The molecule has 1 rings (SSSR count). The molecule has 0 fully saturated rings. The molecule has 0 saturated heterocycles. The minimum atomic E-state index is 0.495. The highest BCUT2D eigenvalue weighted by Gasteiger charge is 2.18. The Morgan fingerprint density at radius 1 is 0.950 bits per heavy atom. The molecule has 0 aliphatic rings. The zero-order valence-corrected chi connectivity index (χ0v) is 13.7. The van der Waals surface area contributed by atoms with Crippen LogP contribution < -0.4 is 5.32 Å². The van der Waals surface area contributed by atoms with Gasteiger partial charge in [-0.1, -0.05) is 58.0 Å². The van der Waals surface area contributed by atoms with Crippen molar-refractivity contribution in [1.29, 1.82) is 0 Å². The average Bonchev–Trinajstić information content (AvgIpc) is 2.44. The molecule has 0 spiro atoms. The van der Waals surface area contributed by atoms with E-state index >= 15 is 0 Å². The van der Waals surface area contributed by atoms with Gasteiger partial charge in [0.2, 0.25) is 0 Å². The molecule has 1 N–H and O–H groups in total. The molecule has 1 aromatic rings. The number of rotatable bonds is 10. The third-order valence-corrected chi connectivity index (χ3v) is 3.54. The largest absolute Gasteiger partial charge is 0.315 e. The standard InChI is InChI=1S/C18H32N2/c1-5-12-20(13-6-2)18(15-19-14-16(3)4)17-10-8-7-9-11-17/h7-11,16,18-19H,5-6,12-15H2,1-4H3. The van der Waals surface area contributed by atoms with E-state index < -0.39 is 0 Å². The Labute approximate surface area is 125 Å². The molecule has 1 aromatic carbocycles. The van der Waals surface area contributed by atoms with Gasteiger partial charge in [-0.05, 0) is 44.0 Å². The summed E-state index contributed by atoms with van der Waals surface area (Å²) in [5.74, 6) is 0.706. The molecule has 0 amide bonds. The van der Waals surface area contributed by atoms with Crippen molar-refractivity contribution in [3.63, 3.8) is 0 Å². The van der Waals surface area contributed by atoms with Gasteiger partial charge in [0.1, 0.15) is 0 Å². The van der Waals surface area contributed by atoms with E-state index in [0.717, 1.165) is 13.1 Å². The first-order valence-corrected chi connectivity index (χ1v) is 8.18. The fraction of sp³-hybridized carbons (Fsp3) is 0.667. The Hall–Kier alpha value is -0.860. The summed E-state index contributed by atoms with van der Waals surface area (Å²) < 4.78 is 0. The Morgan fingerprint density at radius 3 is 2.05 bits per heavy atom. The molecule has 2 heteroatoms. The number of hydrogen-bond donors (Lipinski definition) is 1. The van der Waals surface area contributed by atoms with E-state index in [1.165, 1.54) is 31.5 Å². The zero-order valence-electron chi connectivity index (χ0n) is 13.7. The van der Waals surface area contributed by atoms with Crippen molar-refractivity contribution < 1.29 is 0 Å². The fourth-order valence-electron chi connectivity index (χ4n) is 2.64. The highest BCUT2D eigenvalue weighted by molar-refractivity contribution is 5.19. The van der Waals surface area contributed by atoms with Crippen molar-refractivity contribution in [2.24, 2.45) is 5.92 Å². The predicted octanol–water partition coefficient (Wildman–Crippen LogP) is 4.10. The van der Waals surface area contributed by atoms with Gasteiger partial charge in [-0.3, -0.25) is 4.90 Å². The van der Waals surface area contributed by atoms with Crippen LogP contribution in [0.5, 0.6) is 0 Å². The number of benzene rings is 1. The van der Waals surface area contributed by atoms with Gasteiger partial charge < -0.3 is 5.32 Å². The van der Waals surface area contributed by atoms with E-state index in [-0.39, 0.29) is 0 Å². The molecule has 1 unspecified atom stereocenters. The van der Waals surface area contributed by atoms with Crippen LogP contribution in [0.4, 0.5) is 0 Å². The summed E-state index contributed by atoms with van der Waals surface area (Å²) in [5, 5.41) is 3.64. The van der Waals surface area contributed by atoms with Crippen LogP contribution in [-0.4, -0.2) is 31.1 Å². The van der Waals surface area contributed by atoms with Crippen molar-refractivity contribution in [3.8, 4) is 0 Å². The quantitative estimate of drug-likeness (QED) is 0.692. The van der Waals surface area contributed by atoms with E-state index in [1.807, 2.05) is 0 Å². The summed E-state index contributed by atoms with van der Waals surface area (Å²) in [7, 11) is 0. The second-order valence-corrected chi connectivity index (χ2v) is 6.01. The van der Waals surface area contributed by atoms with E-state index in [1.54, 1.807) is 0 Å². The van der Waals surface area contributed by atoms with Gasteiger partial charge in [-0.15, -0.1) is 0 Å². The molecule has 1 atom stereocenters. The minimum absolute atomic E-state index is 0.495. The lowest BCUT2D eigenvalue weighted by Crippen LogP contribution is -2.38. The van der Waals surface area contributed by atoms with Crippen LogP contribution in [0.3, 0.4) is 0 Å². The Balaban J connectivity index is 2.76. The third kappa shape index (κ3) is 6.06. The molecule has 0 aliphatic carbocycles. The molecule has 0 radical (unpaired) electrons. The second-order valence-electron chi connectivity index (χ2n) is 6.01. The maximum Gasteiger partial charge on any atom is 0.0472 e. The van der Waals surface area contributed by atoms with Crippen molar-refractivity contribution in [2.75, 3.05) is 26.2 Å². The van der Waals surface area contributed by atoms with E-state index in [0.29, 0.717) is 12.0 Å². The molecule has 20 heavy (non-hydrogen) atoms. The van der Waals surface area contributed by atoms with Crippen LogP contribution in [0, 0.1) is 5.92 Å². The maximum absolute atomic E-state index is 3.64. The molecule has 0 aliphatic heterocycles. The van der Waals surface area contributed by atoms with Crippen LogP contribution >= 0.6 is 0 Å². The molecule has 0 aromatic heterocycles. The lowest BCUT2D eigenvalue weighted by molar-refractivity contribution is 0.192. The van der Waals surface area contributed by atoms with Crippen molar-refractivity contribution in [1.82, 2.24) is 10.2 Å². The van der Waals surface area contributed by atoms with Crippen LogP contribution in [0.2, 0.25) is 0 Å². The topological polar surface area (TPSA) is 15.3 Å². The minimum Gasteiger partial charge on any atom is -0.315 e. The number of nitrogens with zero attached hydrogens (tertiary/aromatic N) is 1. The van der Waals surface area contributed by atoms with Crippen LogP contribution in [0.1, 0.15) is 52.1 Å².